The van der Waals surface area contributed by atoms with Crippen molar-refractivity contribution in [3.8, 4) is 5.19 Å². The molecule has 0 saturated carbocycles. The van der Waals surface area contributed by atoms with Crippen molar-refractivity contribution in [1.29, 1.82) is 0 Å². The third kappa shape index (κ3) is 3.78. The first-order valence-corrected chi connectivity index (χ1v) is 7.98. The molecule has 21 heavy (non-hydrogen) atoms. The quantitative estimate of drug-likeness (QED) is 0.340. The molecule has 2 atom stereocenters. The minimum absolute atomic E-state index is 0.204. The van der Waals surface area contributed by atoms with Gasteiger partial charge in [-0.3, -0.25) is 4.65 Å². The number of unbranched alkanes of at least 4 members (excludes halogenated alkanes) is 2. The highest BCUT2D eigenvalue weighted by Gasteiger charge is 2.42. The highest BCUT2D eigenvalue weighted by atomic mass is 32.1. The lowest BCUT2D eigenvalue weighted by atomic mass is 10.2. The van der Waals surface area contributed by atoms with Crippen LogP contribution in [0.1, 0.15) is 26.2 Å². The molecule has 1 saturated heterocycles. The minimum Gasteiger partial charge on any atom is -0.623 e. The van der Waals surface area contributed by atoms with E-state index >= 15 is 0 Å². The number of nitrogens with zero attached hydrogens (tertiary/aromatic N) is 4. The number of β-amino-alcohol motifs (C(OH)–C–C–N with tert-alkyl or cyclic N) is 1. The average Bonchev–Trinajstić information content (AvgIpc) is 3.02. The zero-order valence-corrected chi connectivity index (χ0v) is 13.1. The maximum atomic E-state index is 12.8. The number of ether oxygens (including phenoxy) is 1. The van der Waals surface area contributed by atoms with E-state index in [0.29, 0.717) is 18.3 Å². The molecule has 1 aromatic rings. The second-order valence-corrected chi connectivity index (χ2v) is 5.98. The lowest BCUT2D eigenvalue weighted by Gasteiger charge is -2.36. The Bertz CT molecular complexity index is 470. The normalized spacial score (nSPS) is 26.1. The largest absolute Gasteiger partial charge is 0.623 e. The molecule has 8 heteroatoms. The number of aromatic nitrogens is 2. The molecule has 1 aliphatic rings. The maximum Gasteiger partial charge on any atom is 0.313 e. The summed E-state index contributed by atoms with van der Waals surface area (Å²) in [4.78, 5) is 1.97. The van der Waals surface area contributed by atoms with Gasteiger partial charge in [0.15, 0.2) is 0 Å². The molecule has 118 valence electrons. The van der Waals surface area contributed by atoms with Gasteiger partial charge in [-0.1, -0.05) is 16.3 Å². The monoisotopic (exact) mass is 314 g/mol. The van der Waals surface area contributed by atoms with Crippen molar-refractivity contribution < 1.29 is 9.84 Å². The van der Waals surface area contributed by atoms with E-state index in [1.54, 1.807) is 0 Å². The van der Waals surface area contributed by atoms with Gasteiger partial charge in [0.1, 0.15) is 6.67 Å². The molecule has 0 bridgehead atoms. The molecule has 0 radical (unpaired) electrons. The van der Waals surface area contributed by atoms with Crippen molar-refractivity contribution in [3.05, 3.63) is 17.9 Å². The summed E-state index contributed by atoms with van der Waals surface area (Å²) in [7, 11) is 0. The average molecular weight is 314 g/mol. The second-order valence-electron chi connectivity index (χ2n) is 5.06. The molecular weight excluding hydrogens is 292 g/mol. The Morgan fingerprint density at radius 1 is 1.57 bits per heavy atom. The molecule has 7 nitrogen and oxygen atoms in total. The lowest BCUT2D eigenvalue weighted by molar-refractivity contribution is 0.0843. The van der Waals surface area contributed by atoms with E-state index in [4.69, 9.17) is 4.74 Å². The maximum absolute atomic E-state index is 12.8. The van der Waals surface area contributed by atoms with Crippen LogP contribution in [0, 0.1) is 5.21 Å². The van der Waals surface area contributed by atoms with Gasteiger partial charge in [0.05, 0.1) is 13.2 Å². The first-order valence-electron chi connectivity index (χ1n) is 7.17. The molecule has 1 fully saturated rings. The molecule has 0 spiro atoms. The number of allylic oxidation sites excluding steroid dienone is 1. The van der Waals surface area contributed by atoms with Crippen molar-refractivity contribution in [2.24, 2.45) is 0 Å². The topological polar surface area (TPSA) is 81.5 Å². The summed E-state index contributed by atoms with van der Waals surface area (Å²) in [6.45, 7) is 7.38. The van der Waals surface area contributed by atoms with Gasteiger partial charge >= 0.3 is 5.13 Å². The Balaban J connectivity index is 1.96. The summed E-state index contributed by atoms with van der Waals surface area (Å²) in [5, 5.41) is 31.3. The van der Waals surface area contributed by atoms with E-state index in [1.165, 1.54) is 0 Å². The van der Waals surface area contributed by atoms with Crippen molar-refractivity contribution in [2.45, 2.75) is 32.4 Å². The molecule has 0 amide bonds. The molecule has 2 unspecified atom stereocenters. The van der Waals surface area contributed by atoms with Gasteiger partial charge in [0, 0.05) is 17.9 Å². The zero-order chi connectivity index (χ0) is 15.3. The third-order valence-electron chi connectivity index (χ3n) is 3.43. The Morgan fingerprint density at radius 3 is 3.10 bits per heavy atom. The van der Waals surface area contributed by atoms with E-state index in [0.717, 1.165) is 37.1 Å². The lowest BCUT2D eigenvalue weighted by Crippen LogP contribution is -2.48. The minimum atomic E-state index is -1.02. The molecule has 1 aliphatic heterocycles. The number of hydroxylamine groups is 2. The van der Waals surface area contributed by atoms with Crippen LogP contribution in [0.15, 0.2) is 12.7 Å². The second kappa shape index (κ2) is 7.28. The number of aliphatic hydroxyl groups is 1. The fourth-order valence-corrected chi connectivity index (χ4v) is 3.15. The van der Waals surface area contributed by atoms with E-state index in [9.17, 15) is 10.3 Å². The van der Waals surface area contributed by atoms with Crippen molar-refractivity contribution in [2.75, 3.05) is 26.4 Å². The first kappa shape index (κ1) is 16.3. The van der Waals surface area contributed by atoms with E-state index in [1.807, 2.05) is 17.9 Å². The number of aliphatic hydroxyl groups excluding tert-OH is 1. The van der Waals surface area contributed by atoms with Crippen molar-refractivity contribution in [3.63, 3.8) is 0 Å². The molecular formula is C13H22N4O3S. The molecule has 1 aromatic heterocycles. The first-order chi connectivity index (χ1) is 10.1. The Morgan fingerprint density at radius 2 is 2.38 bits per heavy atom. The predicted octanol–water partition coefficient (Wildman–Crippen LogP) is 1.69. The highest BCUT2D eigenvalue weighted by molar-refractivity contribution is 7.16. The predicted molar refractivity (Wildman–Crippen MR) is 82.7 cm³/mol. The van der Waals surface area contributed by atoms with Crippen molar-refractivity contribution >= 4 is 16.5 Å². The zero-order valence-electron chi connectivity index (χ0n) is 12.3. The summed E-state index contributed by atoms with van der Waals surface area (Å²) < 4.78 is 4.38. The van der Waals surface area contributed by atoms with Gasteiger partial charge in [-0.05, 0) is 26.2 Å². The van der Waals surface area contributed by atoms with Crippen LogP contribution in [-0.2, 0) is 0 Å². The van der Waals surface area contributed by atoms with Crippen LogP contribution in [0.4, 0.5) is 5.13 Å². The Labute approximate surface area is 128 Å². The Hall–Kier alpha value is -1.06. The van der Waals surface area contributed by atoms with Gasteiger partial charge < -0.3 is 15.1 Å². The van der Waals surface area contributed by atoms with Crippen LogP contribution in [-0.4, -0.2) is 52.8 Å². The fourth-order valence-electron chi connectivity index (χ4n) is 2.32. The number of quaternary nitrogens is 1. The van der Waals surface area contributed by atoms with Crippen molar-refractivity contribution in [1.82, 2.24) is 19.7 Å². The van der Waals surface area contributed by atoms with E-state index < -0.39 is 10.9 Å². The molecule has 0 aromatic carbocycles. The number of rotatable bonds is 8. The molecule has 0 aliphatic carbocycles. The van der Waals surface area contributed by atoms with Crippen LogP contribution < -0.4 is 9.38 Å². The van der Waals surface area contributed by atoms with E-state index in [-0.39, 0.29) is 11.8 Å². The highest BCUT2D eigenvalue weighted by Crippen LogP contribution is 2.35. The Kier molecular flexibility index (Phi) is 5.65. The van der Waals surface area contributed by atoms with E-state index in [2.05, 4.69) is 16.8 Å². The SMILES string of the molecule is C=CCCCCN1CC(O)[N+]([O-])(c2nnc(OCC)s2)C1. The van der Waals surface area contributed by atoms with Gasteiger partial charge in [-0.25, -0.2) is 4.90 Å². The van der Waals surface area contributed by atoms with Crippen LogP contribution in [0.25, 0.3) is 0 Å². The summed E-state index contributed by atoms with van der Waals surface area (Å²) in [5.41, 5.74) is 0. The summed E-state index contributed by atoms with van der Waals surface area (Å²) in [6, 6.07) is 0. The third-order valence-corrected chi connectivity index (χ3v) is 4.38. The molecule has 2 heterocycles. The van der Waals surface area contributed by atoms with Crippen LogP contribution in [0.2, 0.25) is 0 Å². The number of hydrogen-bond donors (Lipinski definition) is 1. The van der Waals surface area contributed by atoms with Gasteiger partial charge in [0.2, 0.25) is 6.23 Å². The summed E-state index contributed by atoms with van der Waals surface area (Å²) >= 11 is 1.11. The summed E-state index contributed by atoms with van der Waals surface area (Å²) in [5.74, 6) is 0. The van der Waals surface area contributed by atoms with Crippen LogP contribution in [0.5, 0.6) is 5.19 Å². The van der Waals surface area contributed by atoms with Gasteiger partial charge in [-0.2, -0.15) is 0 Å². The van der Waals surface area contributed by atoms with Gasteiger partial charge in [-0.15, -0.1) is 6.58 Å². The molecule has 1 N–H and O–H groups in total. The molecule has 2 rings (SSSR count). The standard InChI is InChI=1S/C13H22N4O3S/c1-3-5-6-7-8-16-9-11(18)17(19,10-16)12-14-15-13(21-12)20-4-2/h3,11,18H,1,4-10H2,2H3. The van der Waals surface area contributed by atoms with Crippen LogP contribution in [0.3, 0.4) is 0 Å². The smallest absolute Gasteiger partial charge is 0.313 e. The van der Waals surface area contributed by atoms with Gasteiger partial charge in [0.25, 0.3) is 5.19 Å². The van der Waals surface area contributed by atoms with Crippen LogP contribution >= 0.6 is 11.3 Å². The summed E-state index contributed by atoms with van der Waals surface area (Å²) in [6.07, 6.45) is 3.87. The number of hydrogen-bond acceptors (Lipinski definition) is 7. The fraction of sp³-hybridized carbons (Fsp3) is 0.692.